The zero-order valence-corrected chi connectivity index (χ0v) is 12.5. The molecule has 0 bridgehead atoms. The van der Waals surface area contributed by atoms with Crippen molar-refractivity contribution < 1.29 is 15.1 Å². The van der Waals surface area contributed by atoms with Crippen LogP contribution in [-0.2, 0) is 5.33 Å². The number of hydrogen-bond acceptors (Lipinski definition) is 4. The molecule has 2 N–H and O–H groups in total. The molecule has 0 atom stereocenters. The number of aryl methyl sites for hydroxylation is 2. The first-order valence-electron chi connectivity index (χ1n) is 5.81. The highest BCUT2D eigenvalue weighted by Gasteiger charge is 2.23. The summed E-state index contributed by atoms with van der Waals surface area (Å²) >= 11 is 3.18. The Balaban J connectivity index is 2.78. The number of nitro benzene ring substituents is 1. The standard InChI is InChI=1S/C13H13BrN2O4/c1-7-3-10(11(16(19)20)4-8(7)2)15-12(17)5-9(6-14)13(15)18/h3-5,17-18H,6H2,1-2H3. The number of rotatable bonds is 3. The van der Waals surface area contributed by atoms with Crippen molar-refractivity contribution in [2.24, 2.45) is 0 Å². The summed E-state index contributed by atoms with van der Waals surface area (Å²) < 4.78 is 1.07. The lowest BCUT2D eigenvalue weighted by Gasteiger charge is -2.10. The number of nitrogens with zero attached hydrogens (tertiary/aromatic N) is 2. The van der Waals surface area contributed by atoms with E-state index in [1.165, 1.54) is 12.1 Å². The number of aromatic nitrogens is 1. The molecule has 2 rings (SSSR count). The summed E-state index contributed by atoms with van der Waals surface area (Å²) in [6.45, 7) is 3.58. The normalized spacial score (nSPS) is 10.8. The molecule has 1 aromatic heterocycles. The molecule has 0 radical (unpaired) electrons. The maximum absolute atomic E-state index is 11.2. The van der Waals surface area contributed by atoms with Crippen LogP contribution in [0.2, 0.25) is 0 Å². The van der Waals surface area contributed by atoms with E-state index in [1.807, 2.05) is 6.92 Å². The van der Waals surface area contributed by atoms with Gasteiger partial charge in [-0.3, -0.25) is 10.1 Å². The SMILES string of the molecule is Cc1cc(-n2c(O)cc(CBr)c2O)c([N+](=O)[O-])cc1C. The van der Waals surface area contributed by atoms with Crippen LogP contribution >= 0.6 is 15.9 Å². The monoisotopic (exact) mass is 340 g/mol. The first kappa shape index (κ1) is 14.4. The summed E-state index contributed by atoms with van der Waals surface area (Å²) in [5.41, 5.74) is 2.02. The second kappa shape index (κ2) is 5.16. The molecule has 2 aromatic rings. The van der Waals surface area contributed by atoms with Crippen molar-refractivity contribution in [2.75, 3.05) is 0 Å². The van der Waals surface area contributed by atoms with Gasteiger partial charge in [0.25, 0.3) is 5.69 Å². The van der Waals surface area contributed by atoms with Gasteiger partial charge in [0.1, 0.15) is 5.69 Å². The third-order valence-electron chi connectivity index (χ3n) is 3.20. The van der Waals surface area contributed by atoms with Gasteiger partial charge in [-0.25, -0.2) is 4.57 Å². The molecule has 0 spiro atoms. The fourth-order valence-corrected chi connectivity index (χ4v) is 2.40. The smallest absolute Gasteiger partial charge is 0.293 e. The maximum Gasteiger partial charge on any atom is 0.293 e. The van der Waals surface area contributed by atoms with E-state index in [2.05, 4.69) is 15.9 Å². The van der Waals surface area contributed by atoms with Crippen LogP contribution < -0.4 is 0 Å². The van der Waals surface area contributed by atoms with Crippen molar-refractivity contribution in [3.63, 3.8) is 0 Å². The van der Waals surface area contributed by atoms with E-state index in [1.54, 1.807) is 13.0 Å². The molecule has 0 saturated heterocycles. The number of halogens is 1. The first-order valence-corrected chi connectivity index (χ1v) is 6.93. The number of hydrogen-bond donors (Lipinski definition) is 2. The average Bonchev–Trinajstić information content (AvgIpc) is 2.67. The molecule has 7 heteroatoms. The minimum Gasteiger partial charge on any atom is -0.494 e. The van der Waals surface area contributed by atoms with Crippen molar-refractivity contribution in [1.82, 2.24) is 4.57 Å². The topological polar surface area (TPSA) is 88.5 Å². The lowest BCUT2D eigenvalue weighted by Crippen LogP contribution is -2.01. The Bertz CT molecular complexity index is 694. The Hall–Kier alpha value is -2.02. The average molecular weight is 341 g/mol. The van der Waals surface area contributed by atoms with E-state index in [4.69, 9.17) is 0 Å². The number of aromatic hydroxyl groups is 2. The van der Waals surface area contributed by atoms with Gasteiger partial charge in [0.05, 0.1) is 4.92 Å². The second-order valence-corrected chi connectivity index (χ2v) is 5.06. The van der Waals surface area contributed by atoms with Crippen LogP contribution in [0.1, 0.15) is 16.7 Å². The molecular formula is C13H13BrN2O4. The van der Waals surface area contributed by atoms with E-state index in [9.17, 15) is 20.3 Å². The molecule has 1 aromatic carbocycles. The summed E-state index contributed by atoms with van der Waals surface area (Å²) in [7, 11) is 0. The highest BCUT2D eigenvalue weighted by molar-refractivity contribution is 9.08. The number of nitro groups is 1. The van der Waals surface area contributed by atoms with Crippen LogP contribution in [0.4, 0.5) is 5.69 Å². The van der Waals surface area contributed by atoms with Crippen molar-refractivity contribution in [3.05, 3.63) is 45.0 Å². The molecule has 0 aliphatic carbocycles. The molecule has 1 heterocycles. The predicted octanol–water partition coefficient (Wildman–Crippen LogP) is 3.31. The van der Waals surface area contributed by atoms with Crippen LogP contribution in [-0.4, -0.2) is 19.7 Å². The highest BCUT2D eigenvalue weighted by Crippen LogP contribution is 2.37. The summed E-state index contributed by atoms with van der Waals surface area (Å²) in [5.74, 6) is -0.464. The molecular weight excluding hydrogens is 328 g/mol. The van der Waals surface area contributed by atoms with Gasteiger partial charge in [-0.1, -0.05) is 15.9 Å². The Morgan fingerprint density at radius 3 is 2.35 bits per heavy atom. The lowest BCUT2D eigenvalue weighted by molar-refractivity contribution is -0.384. The summed E-state index contributed by atoms with van der Waals surface area (Å²) in [6, 6.07) is 4.37. The van der Waals surface area contributed by atoms with E-state index >= 15 is 0 Å². The second-order valence-electron chi connectivity index (χ2n) is 4.50. The predicted molar refractivity (Wildman–Crippen MR) is 77.9 cm³/mol. The zero-order valence-electron chi connectivity index (χ0n) is 10.9. The van der Waals surface area contributed by atoms with Crippen LogP contribution in [0.25, 0.3) is 5.69 Å². The first-order chi connectivity index (χ1) is 9.36. The quantitative estimate of drug-likeness (QED) is 0.509. The number of benzene rings is 1. The lowest BCUT2D eigenvalue weighted by atomic mass is 10.1. The van der Waals surface area contributed by atoms with Gasteiger partial charge < -0.3 is 10.2 Å². The van der Waals surface area contributed by atoms with Gasteiger partial charge in [0.2, 0.25) is 5.88 Å². The fourth-order valence-electron chi connectivity index (χ4n) is 1.98. The highest BCUT2D eigenvalue weighted by atomic mass is 79.9. The van der Waals surface area contributed by atoms with Crippen molar-refractivity contribution in [3.8, 4) is 17.4 Å². The van der Waals surface area contributed by atoms with Crippen LogP contribution in [0, 0.1) is 24.0 Å². The minimum atomic E-state index is -0.533. The van der Waals surface area contributed by atoms with Gasteiger partial charge >= 0.3 is 0 Å². The van der Waals surface area contributed by atoms with Crippen LogP contribution in [0.3, 0.4) is 0 Å². The largest absolute Gasteiger partial charge is 0.494 e. The van der Waals surface area contributed by atoms with E-state index in [0.717, 1.165) is 15.7 Å². The van der Waals surface area contributed by atoms with E-state index in [-0.39, 0.29) is 23.1 Å². The van der Waals surface area contributed by atoms with Gasteiger partial charge in [-0.15, -0.1) is 0 Å². The Labute approximate surface area is 123 Å². The van der Waals surface area contributed by atoms with Gasteiger partial charge in [-0.2, -0.15) is 0 Å². The summed E-state index contributed by atoms with van der Waals surface area (Å²) in [5, 5.41) is 31.5. The zero-order chi connectivity index (χ0) is 15.0. The third kappa shape index (κ3) is 2.24. The van der Waals surface area contributed by atoms with Gasteiger partial charge in [0.15, 0.2) is 5.88 Å². The minimum absolute atomic E-state index is 0.139. The van der Waals surface area contributed by atoms with Crippen molar-refractivity contribution in [1.29, 1.82) is 0 Å². The van der Waals surface area contributed by atoms with E-state index in [0.29, 0.717) is 10.9 Å². The number of alkyl halides is 1. The molecule has 0 aliphatic rings. The molecule has 106 valence electrons. The van der Waals surface area contributed by atoms with Gasteiger partial charge in [0, 0.05) is 23.0 Å². The molecule has 0 unspecified atom stereocenters. The Kier molecular flexibility index (Phi) is 3.71. The third-order valence-corrected chi connectivity index (χ3v) is 3.81. The Morgan fingerprint density at radius 2 is 1.85 bits per heavy atom. The molecule has 0 amide bonds. The molecule has 0 saturated carbocycles. The van der Waals surface area contributed by atoms with Crippen LogP contribution in [0.5, 0.6) is 11.8 Å². The Morgan fingerprint density at radius 1 is 1.25 bits per heavy atom. The van der Waals surface area contributed by atoms with Crippen LogP contribution in [0.15, 0.2) is 18.2 Å². The van der Waals surface area contributed by atoms with Gasteiger partial charge in [-0.05, 0) is 31.0 Å². The molecule has 6 nitrogen and oxygen atoms in total. The fraction of sp³-hybridized carbons (Fsp3) is 0.231. The maximum atomic E-state index is 11.2. The van der Waals surface area contributed by atoms with E-state index < -0.39 is 4.92 Å². The van der Waals surface area contributed by atoms with Crippen molar-refractivity contribution in [2.45, 2.75) is 19.2 Å². The summed E-state index contributed by atoms with van der Waals surface area (Å²) in [4.78, 5) is 10.6. The van der Waals surface area contributed by atoms with Crippen molar-refractivity contribution >= 4 is 21.6 Å². The molecule has 0 fully saturated rings. The molecule has 20 heavy (non-hydrogen) atoms. The molecule has 0 aliphatic heterocycles. The summed E-state index contributed by atoms with van der Waals surface area (Å²) in [6.07, 6.45) is 0.